The molecule has 1 aromatic rings. The number of ether oxygens (including phenoxy) is 1. The fraction of sp³-hybridized carbons (Fsp3) is 0.697. The van der Waals surface area contributed by atoms with Crippen LogP contribution < -0.4 is 11.1 Å². The van der Waals surface area contributed by atoms with E-state index >= 15 is 0 Å². The number of hydrogen-bond donors (Lipinski definition) is 3. The standard InChI is InChI=1S/C33H49N3O5S/c1-8-31(6)15-26(32(7)20(4)9-11-33(21(5)29(31)39)12-10-25(37)28(32)33)41-27(38)18-42-23-14-22(16-35-17-23)36-30(40)24(34)13-19(2)3/h8,14,16-17,19-21,24,26,28-29,39H,1,9-13,15,18,34H2,2-7H3,(H,36,40)/t20-,21+,24+,26-,28+,29+,31-,32+,33+/m1/s1. The molecule has 0 unspecified atom stereocenters. The van der Waals surface area contributed by atoms with Crippen molar-refractivity contribution in [3.05, 3.63) is 31.1 Å². The molecular formula is C33H49N3O5S. The largest absolute Gasteiger partial charge is 0.461 e. The minimum Gasteiger partial charge on any atom is -0.461 e. The van der Waals surface area contributed by atoms with Crippen molar-refractivity contribution in [2.75, 3.05) is 11.1 Å². The van der Waals surface area contributed by atoms with Gasteiger partial charge < -0.3 is 20.9 Å². The fourth-order valence-corrected chi connectivity index (χ4v) is 8.95. The first kappa shape index (κ1) is 32.7. The number of carbonyl (C=O) groups excluding carboxylic acids is 3. The highest BCUT2D eigenvalue weighted by Gasteiger charge is 2.68. The molecule has 9 atom stereocenters. The highest BCUT2D eigenvalue weighted by molar-refractivity contribution is 8.00. The van der Waals surface area contributed by atoms with Gasteiger partial charge in [0, 0.05) is 34.3 Å². The predicted molar refractivity (Wildman–Crippen MR) is 166 cm³/mol. The van der Waals surface area contributed by atoms with Gasteiger partial charge >= 0.3 is 5.97 Å². The van der Waals surface area contributed by atoms with Crippen LogP contribution in [0.1, 0.15) is 80.1 Å². The van der Waals surface area contributed by atoms with Crippen LogP contribution in [0, 0.1) is 39.9 Å². The molecule has 0 aromatic carbocycles. The molecule has 2 bridgehead atoms. The van der Waals surface area contributed by atoms with Crippen molar-refractivity contribution in [1.82, 2.24) is 4.98 Å². The third kappa shape index (κ3) is 5.93. The average molecular weight is 600 g/mol. The van der Waals surface area contributed by atoms with Crippen molar-refractivity contribution >= 4 is 35.1 Å². The van der Waals surface area contributed by atoms with E-state index in [9.17, 15) is 19.5 Å². The fourth-order valence-electron chi connectivity index (χ4n) is 8.25. The van der Waals surface area contributed by atoms with Gasteiger partial charge in [-0.3, -0.25) is 19.4 Å². The number of carbonyl (C=O) groups is 3. The number of ketones is 1. The van der Waals surface area contributed by atoms with Crippen molar-refractivity contribution in [2.24, 2.45) is 45.7 Å². The molecule has 9 heteroatoms. The second-order valence-electron chi connectivity index (χ2n) is 14.0. The molecule has 0 radical (unpaired) electrons. The van der Waals surface area contributed by atoms with Gasteiger partial charge in [0.25, 0.3) is 0 Å². The molecule has 1 heterocycles. The first-order valence-corrected chi connectivity index (χ1v) is 16.3. The molecule has 0 aliphatic heterocycles. The number of rotatable bonds is 9. The second kappa shape index (κ2) is 12.4. The first-order chi connectivity index (χ1) is 19.7. The molecule has 3 aliphatic carbocycles. The molecule has 1 amide bonds. The number of esters is 1. The van der Waals surface area contributed by atoms with E-state index in [0.717, 1.165) is 19.3 Å². The van der Waals surface area contributed by atoms with Gasteiger partial charge in [-0.2, -0.15) is 0 Å². The number of pyridine rings is 1. The number of aliphatic hydroxyl groups excluding tert-OH is 1. The summed E-state index contributed by atoms with van der Waals surface area (Å²) < 4.78 is 6.33. The van der Waals surface area contributed by atoms with E-state index in [1.807, 2.05) is 20.8 Å². The summed E-state index contributed by atoms with van der Waals surface area (Å²) in [6.07, 6.45) is 7.82. The Morgan fingerprint density at radius 3 is 2.67 bits per heavy atom. The summed E-state index contributed by atoms with van der Waals surface area (Å²) in [6, 6.07) is 1.15. The van der Waals surface area contributed by atoms with E-state index in [1.54, 1.807) is 24.5 Å². The minimum absolute atomic E-state index is 0.0421. The molecule has 4 N–H and O–H groups in total. The van der Waals surface area contributed by atoms with Crippen LogP contribution in [0.5, 0.6) is 0 Å². The zero-order chi connectivity index (χ0) is 31.0. The maximum atomic E-state index is 13.6. The van der Waals surface area contributed by atoms with E-state index in [1.165, 1.54) is 11.8 Å². The highest BCUT2D eigenvalue weighted by atomic mass is 32.2. The molecule has 3 fully saturated rings. The quantitative estimate of drug-likeness (QED) is 0.196. The van der Waals surface area contributed by atoms with Gasteiger partial charge in [-0.05, 0) is 61.3 Å². The van der Waals surface area contributed by atoms with Crippen LogP contribution in [0.25, 0.3) is 0 Å². The highest BCUT2D eigenvalue weighted by Crippen LogP contribution is 2.68. The molecule has 3 aliphatic rings. The van der Waals surface area contributed by atoms with E-state index in [-0.39, 0.29) is 46.6 Å². The lowest BCUT2D eigenvalue weighted by Crippen LogP contribution is -2.63. The van der Waals surface area contributed by atoms with Gasteiger partial charge in [0.1, 0.15) is 11.9 Å². The zero-order valence-corrected chi connectivity index (χ0v) is 26.8. The normalized spacial score (nSPS) is 36.9. The van der Waals surface area contributed by atoms with Gasteiger partial charge in [0.15, 0.2) is 0 Å². The maximum Gasteiger partial charge on any atom is 0.316 e. The van der Waals surface area contributed by atoms with Crippen LogP contribution in [-0.4, -0.2) is 51.8 Å². The summed E-state index contributed by atoms with van der Waals surface area (Å²) in [6.45, 7) is 16.5. The van der Waals surface area contributed by atoms with Gasteiger partial charge in [-0.1, -0.05) is 47.6 Å². The Balaban J connectivity index is 1.53. The summed E-state index contributed by atoms with van der Waals surface area (Å²) >= 11 is 1.28. The van der Waals surface area contributed by atoms with Gasteiger partial charge in [-0.15, -0.1) is 18.3 Å². The van der Waals surface area contributed by atoms with Crippen LogP contribution >= 0.6 is 11.8 Å². The average Bonchev–Trinajstić information content (AvgIpc) is 3.30. The number of nitrogens with two attached hydrogens (primary N) is 1. The van der Waals surface area contributed by atoms with Crippen molar-refractivity contribution in [2.45, 2.75) is 103 Å². The molecule has 0 saturated heterocycles. The third-order valence-corrected chi connectivity index (χ3v) is 11.9. The Kier molecular flexibility index (Phi) is 9.65. The Bertz CT molecular complexity index is 1210. The van der Waals surface area contributed by atoms with Crippen molar-refractivity contribution in [1.29, 1.82) is 0 Å². The number of amides is 1. The molecule has 4 rings (SSSR count). The Hall–Kier alpha value is -2.23. The monoisotopic (exact) mass is 599 g/mol. The van der Waals surface area contributed by atoms with Gasteiger partial charge in [0.05, 0.1) is 29.8 Å². The summed E-state index contributed by atoms with van der Waals surface area (Å²) in [4.78, 5) is 44.4. The summed E-state index contributed by atoms with van der Waals surface area (Å²) in [7, 11) is 0. The number of Topliss-reactive ketones (excluding diaryl/α,β-unsaturated/α-hetero) is 1. The van der Waals surface area contributed by atoms with Crippen molar-refractivity contribution in [3.63, 3.8) is 0 Å². The minimum atomic E-state index is -0.699. The number of aromatic nitrogens is 1. The van der Waals surface area contributed by atoms with Crippen LogP contribution in [0.15, 0.2) is 36.0 Å². The number of nitrogens with zero attached hydrogens (tertiary/aromatic N) is 1. The molecule has 1 aromatic heterocycles. The molecule has 232 valence electrons. The Morgan fingerprint density at radius 2 is 2.00 bits per heavy atom. The summed E-state index contributed by atoms with van der Waals surface area (Å²) in [5.41, 5.74) is 4.99. The third-order valence-electron chi connectivity index (χ3n) is 11.0. The van der Waals surface area contributed by atoms with E-state index in [4.69, 9.17) is 10.5 Å². The van der Waals surface area contributed by atoms with E-state index in [2.05, 4.69) is 37.7 Å². The SMILES string of the molecule is C=C[C@]1(C)C[C@@H](OC(=O)CSc2cncc(NC(=O)[C@@H](N)CC(C)C)c2)[C@]2(C)[C@H](C)CC[C@]3(CCC(=O)[C@H]32)[C@@H](C)[C@@H]1O. The first-order valence-electron chi connectivity index (χ1n) is 15.4. The summed E-state index contributed by atoms with van der Waals surface area (Å²) in [5, 5.41) is 14.5. The molecule has 42 heavy (non-hydrogen) atoms. The van der Waals surface area contributed by atoms with Crippen LogP contribution in [0.4, 0.5) is 5.69 Å². The van der Waals surface area contributed by atoms with E-state index in [0.29, 0.717) is 35.8 Å². The molecule has 0 spiro atoms. The number of aliphatic hydroxyl groups is 1. The summed E-state index contributed by atoms with van der Waals surface area (Å²) in [5.74, 6) is -0.243. The maximum absolute atomic E-state index is 13.6. The topological polar surface area (TPSA) is 132 Å². The van der Waals surface area contributed by atoms with Crippen molar-refractivity contribution in [3.8, 4) is 0 Å². The van der Waals surface area contributed by atoms with Gasteiger partial charge in [0.2, 0.25) is 5.91 Å². The number of hydrogen-bond acceptors (Lipinski definition) is 8. The lowest BCUT2D eigenvalue weighted by atomic mass is 9.44. The predicted octanol–water partition coefficient (Wildman–Crippen LogP) is 5.39. The Labute approximate surface area is 255 Å². The van der Waals surface area contributed by atoms with Crippen LogP contribution in [0.2, 0.25) is 0 Å². The number of nitrogens with one attached hydrogen (secondary N) is 1. The number of anilines is 1. The second-order valence-corrected chi connectivity index (χ2v) is 15.0. The van der Waals surface area contributed by atoms with Crippen molar-refractivity contribution < 1.29 is 24.2 Å². The number of thioether (sulfide) groups is 1. The molecular weight excluding hydrogens is 550 g/mol. The molecule has 8 nitrogen and oxygen atoms in total. The smallest absolute Gasteiger partial charge is 0.316 e. The Morgan fingerprint density at radius 1 is 1.29 bits per heavy atom. The lowest BCUT2D eigenvalue weighted by molar-refractivity contribution is -0.205. The lowest BCUT2D eigenvalue weighted by Gasteiger charge is -2.61. The zero-order valence-electron chi connectivity index (χ0n) is 26.0. The van der Waals surface area contributed by atoms with Crippen LogP contribution in [0.3, 0.4) is 0 Å². The van der Waals surface area contributed by atoms with Gasteiger partial charge in [-0.25, -0.2) is 0 Å². The molecule has 3 saturated carbocycles. The van der Waals surface area contributed by atoms with E-state index < -0.39 is 29.1 Å². The van der Waals surface area contributed by atoms with Crippen LogP contribution in [-0.2, 0) is 19.1 Å².